The lowest BCUT2D eigenvalue weighted by Gasteiger charge is -2.28. The molecule has 9 nitrogen and oxygen atoms in total. The predicted octanol–water partition coefficient (Wildman–Crippen LogP) is 2.02. The topological polar surface area (TPSA) is 126 Å². The number of benzene rings is 1. The Hall–Kier alpha value is -3.01. The second-order valence-corrected chi connectivity index (χ2v) is 8.13. The van der Waals surface area contributed by atoms with Gasteiger partial charge in [-0.15, -0.1) is 0 Å². The van der Waals surface area contributed by atoms with Crippen molar-refractivity contribution in [3.8, 4) is 11.5 Å². The van der Waals surface area contributed by atoms with Crippen LogP contribution < -0.4 is 26.1 Å². The number of aromatic nitrogens is 2. The third-order valence-electron chi connectivity index (χ3n) is 4.78. The van der Waals surface area contributed by atoms with Gasteiger partial charge in [0.15, 0.2) is 23.3 Å². The number of thioether (sulfide) groups is 1. The smallest absolute Gasteiger partial charge is 0.279 e. The Morgan fingerprint density at radius 1 is 1.29 bits per heavy atom. The molecule has 1 atom stereocenters. The van der Waals surface area contributed by atoms with E-state index in [4.69, 9.17) is 15.2 Å². The molecule has 166 valence electrons. The standard InChI is InChI=1S/C21H26N4O5S/c1-4-8-31-21-24-20(28)18-13(10-17(27)23-19(18)25(21)3)12-6-7-14(30-11-16(22)26)15(9-12)29-5-2/h6-7,9,13H,4-5,8,10-11H2,1-3H3,(H2,22,26)(H,23,27)/t13-/m1/s1. The summed E-state index contributed by atoms with van der Waals surface area (Å²) in [5, 5.41) is 3.40. The van der Waals surface area contributed by atoms with E-state index in [-0.39, 0.29) is 24.5 Å². The van der Waals surface area contributed by atoms with Gasteiger partial charge in [-0.2, -0.15) is 4.98 Å². The highest BCUT2D eigenvalue weighted by Gasteiger charge is 2.32. The predicted molar refractivity (Wildman–Crippen MR) is 118 cm³/mol. The molecule has 1 aromatic carbocycles. The molecule has 0 aliphatic carbocycles. The van der Waals surface area contributed by atoms with Crippen molar-refractivity contribution in [1.82, 2.24) is 9.55 Å². The summed E-state index contributed by atoms with van der Waals surface area (Å²) in [5.41, 5.74) is 5.96. The molecule has 0 fully saturated rings. The molecule has 3 N–H and O–H groups in total. The van der Waals surface area contributed by atoms with Gasteiger partial charge in [-0.1, -0.05) is 24.8 Å². The van der Waals surface area contributed by atoms with E-state index in [2.05, 4.69) is 10.3 Å². The maximum Gasteiger partial charge on any atom is 0.279 e. The van der Waals surface area contributed by atoms with Crippen molar-refractivity contribution in [1.29, 1.82) is 0 Å². The number of nitrogens with two attached hydrogens (primary N) is 1. The summed E-state index contributed by atoms with van der Waals surface area (Å²) in [4.78, 5) is 40.8. The lowest BCUT2D eigenvalue weighted by atomic mass is 9.86. The number of anilines is 1. The minimum atomic E-state index is -0.601. The lowest BCUT2D eigenvalue weighted by molar-refractivity contribution is -0.120. The third-order valence-corrected chi connectivity index (χ3v) is 6.01. The number of rotatable bonds is 9. The minimum absolute atomic E-state index is 0.110. The Kier molecular flexibility index (Phi) is 7.21. The van der Waals surface area contributed by atoms with Crippen LogP contribution in [0.3, 0.4) is 0 Å². The summed E-state index contributed by atoms with van der Waals surface area (Å²) in [5.74, 6) is 0.793. The van der Waals surface area contributed by atoms with E-state index in [0.29, 0.717) is 34.6 Å². The first kappa shape index (κ1) is 22.7. The Morgan fingerprint density at radius 2 is 2.06 bits per heavy atom. The van der Waals surface area contributed by atoms with Crippen LogP contribution in [0.2, 0.25) is 0 Å². The highest BCUT2D eigenvalue weighted by molar-refractivity contribution is 7.99. The Labute approximate surface area is 184 Å². The van der Waals surface area contributed by atoms with Crippen molar-refractivity contribution < 1.29 is 19.1 Å². The molecule has 0 unspecified atom stereocenters. The number of amides is 2. The van der Waals surface area contributed by atoms with Gasteiger partial charge in [-0.05, 0) is 31.0 Å². The Bertz CT molecular complexity index is 1050. The number of carbonyl (C=O) groups is 2. The number of ether oxygens (including phenoxy) is 2. The fourth-order valence-corrected chi connectivity index (χ4v) is 4.24. The summed E-state index contributed by atoms with van der Waals surface area (Å²) in [6.07, 6.45) is 1.05. The summed E-state index contributed by atoms with van der Waals surface area (Å²) in [6.45, 7) is 3.97. The Balaban J connectivity index is 2.05. The zero-order valence-corrected chi connectivity index (χ0v) is 18.6. The molecule has 0 radical (unpaired) electrons. The van der Waals surface area contributed by atoms with Crippen LogP contribution in [-0.4, -0.2) is 40.3 Å². The van der Waals surface area contributed by atoms with E-state index in [1.807, 2.05) is 13.8 Å². The quantitative estimate of drug-likeness (QED) is 0.446. The zero-order valence-electron chi connectivity index (χ0n) is 17.8. The normalized spacial score (nSPS) is 15.2. The lowest BCUT2D eigenvalue weighted by Crippen LogP contribution is -2.33. The third kappa shape index (κ3) is 5.01. The maximum atomic E-state index is 12.9. The highest BCUT2D eigenvalue weighted by atomic mass is 32.2. The van der Waals surface area contributed by atoms with E-state index in [9.17, 15) is 14.4 Å². The molecule has 10 heteroatoms. The largest absolute Gasteiger partial charge is 0.490 e. The van der Waals surface area contributed by atoms with Crippen molar-refractivity contribution in [3.05, 3.63) is 39.7 Å². The number of hydrogen-bond donors (Lipinski definition) is 2. The molecule has 31 heavy (non-hydrogen) atoms. The molecule has 1 aliphatic heterocycles. The molecule has 0 bridgehead atoms. The van der Waals surface area contributed by atoms with Gasteiger partial charge in [0.1, 0.15) is 5.82 Å². The van der Waals surface area contributed by atoms with Crippen LogP contribution in [0.4, 0.5) is 5.82 Å². The van der Waals surface area contributed by atoms with E-state index in [1.165, 1.54) is 11.8 Å². The summed E-state index contributed by atoms with van der Waals surface area (Å²) >= 11 is 1.48. The number of nitrogens with zero attached hydrogens (tertiary/aromatic N) is 2. The molecule has 2 heterocycles. The molecule has 1 aromatic heterocycles. The van der Waals surface area contributed by atoms with Crippen molar-refractivity contribution in [3.63, 3.8) is 0 Å². The number of fused-ring (bicyclic) bond motifs is 1. The van der Waals surface area contributed by atoms with Crippen LogP contribution in [0.25, 0.3) is 0 Å². The van der Waals surface area contributed by atoms with Crippen molar-refractivity contribution >= 4 is 29.4 Å². The van der Waals surface area contributed by atoms with Gasteiger partial charge in [-0.25, -0.2) is 0 Å². The molecule has 0 spiro atoms. The van der Waals surface area contributed by atoms with Gasteiger partial charge < -0.3 is 25.1 Å². The van der Waals surface area contributed by atoms with E-state index in [1.54, 1.807) is 29.8 Å². The molecule has 0 saturated heterocycles. The van der Waals surface area contributed by atoms with Crippen LogP contribution in [0.1, 0.15) is 43.7 Å². The number of carbonyl (C=O) groups excluding carboxylic acids is 2. The van der Waals surface area contributed by atoms with Crippen molar-refractivity contribution in [2.45, 2.75) is 37.8 Å². The highest BCUT2D eigenvalue weighted by Crippen LogP contribution is 2.39. The minimum Gasteiger partial charge on any atom is -0.490 e. The van der Waals surface area contributed by atoms with Crippen molar-refractivity contribution in [2.75, 3.05) is 24.3 Å². The average Bonchev–Trinajstić information content (AvgIpc) is 2.73. The fourth-order valence-electron chi connectivity index (χ4n) is 3.42. The van der Waals surface area contributed by atoms with E-state index in [0.717, 1.165) is 17.7 Å². The molecule has 2 aromatic rings. The van der Waals surface area contributed by atoms with E-state index < -0.39 is 11.8 Å². The fraction of sp³-hybridized carbons (Fsp3) is 0.429. The second-order valence-electron chi connectivity index (χ2n) is 7.07. The first-order valence-corrected chi connectivity index (χ1v) is 11.1. The van der Waals surface area contributed by atoms with Gasteiger partial charge in [0.25, 0.3) is 11.5 Å². The van der Waals surface area contributed by atoms with Crippen LogP contribution in [0.5, 0.6) is 11.5 Å². The molecule has 3 rings (SSSR count). The van der Waals surface area contributed by atoms with Gasteiger partial charge in [0, 0.05) is 25.1 Å². The van der Waals surface area contributed by atoms with Gasteiger partial charge in [0.05, 0.1) is 12.2 Å². The van der Waals surface area contributed by atoms with Crippen LogP contribution in [0, 0.1) is 0 Å². The number of nitrogens with one attached hydrogen (secondary N) is 1. The number of primary amides is 1. The van der Waals surface area contributed by atoms with Crippen LogP contribution in [-0.2, 0) is 16.6 Å². The molecular formula is C21H26N4O5S. The Morgan fingerprint density at radius 3 is 2.74 bits per heavy atom. The first-order valence-electron chi connectivity index (χ1n) is 10.1. The summed E-state index contributed by atoms with van der Waals surface area (Å²) < 4.78 is 12.8. The average molecular weight is 447 g/mol. The second kappa shape index (κ2) is 9.86. The molecule has 2 amide bonds. The zero-order chi connectivity index (χ0) is 22.5. The summed E-state index contributed by atoms with van der Waals surface area (Å²) in [7, 11) is 1.79. The first-order chi connectivity index (χ1) is 14.8. The van der Waals surface area contributed by atoms with Gasteiger partial charge in [-0.3, -0.25) is 14.4 Å². The van der Waals surface area contributed by atoms with Crippen LogP contribution in [0.15, 0.2) is 28.2 Å². The SMILES string of the molecule is CCCSc1nc(=O)c2c(n1C)NC(=O)C[C@@H]2c1ccc(OCC(N)=O)c(OCC)c1. The monoisotopic (exact) mass is 446 g/mol. The van der Waals surface area contributed by atoms with Gasteiger partial charge in [0.2, 0.25) is 5.91 Å². The van der Waals surface area contributed by atoms with E-state index >= 15 is 0 Å². The molecule has 0 saturated carbocycles. The van der Waals surface area contributed by atoms with Gasteiger partial charge >= 0.3 is 0 Å². The number of hydrogen-bond acceptors (Lipinski definition) is 7. The summed E-state index contributed by atoms with van der Waals surface area (Å²) in [6, 6.07) is 5.13. The van der Waals surface area contributed by atoms with Crippen LogP contribution >= 0.6 is 11.8 Å². The molecule has 1 aliphatic rings. The maximum absolute atomic E-state index is 12.9. The van der Waals surface area contributed by atoms with Crippen molar-refractivity contribution in [2.24, 2.45) is 12.8 Å². The molecular weight excluding hydrogens is 420 g/mol.